The summed E-state index contributed by atoms with van der Waals surface area (Å²) in [5, 5.41) is 1.71. The third kappa shape index (κ3) is 4.93. The van der Waals surface area contributed by atoms with Crippen molar-refractivity contribution in [3.8, 4) is 0 Å². The van der Waals surface area contributed by atoms with E-state index in [1.165, 1.54) is 42.9 Å². The highest BCUT2D eigenvalue weighted by Gasteiger charge is 2.36. The number of aryl methyl sites for hydroxylation is 1. The molecule has 1 aromatic heterocycles. The van der Waals surface area contributed by atoms with E-state index in [-0.39, 0.29) is 5.91 Å². The van der Waals surface area contributed by atoms with Gasteiger partial charge in [-0.05, 0) is 91.2 Å². The smallest absolute Gasteiger partial charge is 0.338 e. The van der Waals surface area contributed by atoms with Crippen LogP contribution in [-0.2, 0) is 30.4 Å². The lowest BCUT2D eigenvalue weighted by Gasteiger charge is -2.39. The van der Waals surface area contributed by atoms with Gasteiger partial charge in [0.05, 0.1) is 5.56 Å². The monoisotopic (exact) mass is 524 g/mol. The van der Waals surface area contributed by atoms with Gasteiger partial charge in [-0.1, -0.05) is 36.0 Å². The molecule has 5 rings (SSSR count). The Morgan fingerprint density at radius 3 is 2.14 bits per heavy atom. The fourth-order valence-electron chi connectivity index (χ4n) is 5.49. The predicted molar refractivity (Wildman–Crippen MR) is 131 cm³/mol. The van der Waals surface area contributed by atoms with E-state index in [9.17, 15) is 18.0 Å². The van der Waals surface area contributed by atoms with Crippen LogP contribution < -0.4 is 0 Å². The molecule has 188 valence electrons. The second-order valence-electron chi connectivity index (χ2n) is 10.1. The third-order valence-electron chi connectivity index (χ3n) is 7.99. The molecule has 2 fully saturated rings. The van der Waals surface area contributed by atoms with Crippen molar-refractivity contribution in [3.63, 3.8) is 0 Å². The standard InChI is InChI=1S/C27H29Cl2F3N2O/c28-25-20-12-13-34(22(35)9-3-8-19-11-10-18(14-33-19)27(30,31)32)15-21(20)26(29)24(17-6-2-7-17)23(25)16-4-1-5-16/h10-11,14,16-17H,1-9,12-13,15H2. The van der Waals surface area contributed by atoms with E-state index in [4.69, 9.17) is 23.2 Å². The van der Waals surface area contributed by atoms with Gasteiger partial charge in [-0.25, -0.2) is 0 Å². The lowest BCUT2D eigenvalue weighted by molar-refractivity contribution is -0.137. The van der Waals surface area contributed by atoms with Gasteiger partial charge in [0.25, 0.3) is 0 Å². The Kier molecular flexibility index (Phi) is 7.06. The molecule has 1 aliphatic heterocycles. The molecular formula is C27H29Cl2F3N2O. The molecule has 2 aromatic rings. The molecule has 1 amide bonds. The number of fused-ring (bicyclic) bond motifs is 1. The molecule has 0 saturated heterocycles. The van der Waals surface area contributed by atoms with E-state index >= 15 is 0 Å². The highest BCUT2D eigenvalue weighted by atomic mass is 35.5. The average molecular weight is 525 g/mol. The van der Waals surface area contributed by atoms with Crippen LogP contribution in [0.4, 0.5) is 13.2 Å². The maximum atomic E-state index is 13.0. The number of aromatic nitrogens is 1. The summed E-state index contributed by atoms with van der Waals surface area (Å²) in [5.74, 6) is 1.02. The van der Waals surface area contributed by atoms with E-state index in [1.54, 1.807) is 0 Å². The second kappa shape index (κ2) is 9.93. The minimum Gasteiger partial charge on any atom is -0.338 e. The molecule has 0 bridgehead atoms. The Hall–Kier alpha value is -1.79. The van der Waals surface area contributed by atoms with Crippen LogP contribution in [0.5, 0.6) is 0 Å². The Balaban J connectivity index is 1.26. The Morgan fingerprint density at radius 1 is 1.00 bits per heavy atom. The van der Waals surface area contributed by atoms with Gasteiger partial charge < -0.3 is 4.90 Å². The van der Waals surface area contributed by atoms with Gasteiger partial charge in [0.1, 0.15) is 0 Å². The van der Waals surface area contributed by atoms with Crippen LogP contribution in [0.15, 0.2) is 18.3 Å². The molecule has 0 unspecified atom stereocenters. The topological polar surface area (TPSA) is 33.2 Å². The average Bonchev–Trinajstić information content (AvgIpc) is 2.76. The van der Waals surface area contributed by atoms with Crippen LogP contribution in [0, 0.1) is 0 Å². The van der Waals surface area contributed by atoms with Gasteiger partial charge in [0.15, 0.2) is 0 Å². The normalized spacial score (nSPS) is 18.7. The van der Waals surface area contributed by atoms with Gasteiger partial charge in [-0.15, -0.1) is 0 Å². The number of nitrogens with zero attached hydrogens (tertiary/aromatic N) is 2. The fraction of sp³-hybridized carbons (Fsp3) is 0.556. The summed E-state index contributed by atoms with van der Waals surface area (Å²) in [5.41, 5.74) is 4.44. The number of carbonyl (C=O) groups excluding carboxylic acids is 1. The molecule has 0 atom stereocenters. The van der Waals surface area contributed by atoms with Gasteiger partial charge in [0, 0.05) is 41.4 Å². The minimum atomic E-state index is -4.40. The molecule has 1 aromatic carbocycles. The highest BCUT2D eigenvalue weighted by molar-refractivity contribution is 6.36. The first kappa shape index (κ1) is 24.9. The van der Waals surface area contributed by atoms with Crippen molar-refractivity contribution >= 4 is 29.1 Å². The molecule has 3 aliphatic rings. The van der Waals surface area contributed by atoms with Gasteiger partial charge in [-0.3, -0.25) is 9.78 Å². The number of halogens is 5. The number of pyridine rings is 1. The molecule has 0 N–H and O–H groups in total. The first-order chi connectivity index (χ1) is 16.7. The highest BCUT2D eigenvalue weighted by Crippen LogP contribution is 2.52. The summed E-state index contributed by atoms with van der Waals surface area (Å²) in [6.45, 7) is 1.07. The van der Waals surface area contributed by atoms with Crippen molar-refractivity contribution < 1.29 is 18.0 Å². The second-order valence-corrected chi connectivity index (χ2v) is 10.9. The maximum Gasteiger partial charge on any atom is 0.417 e. The maximum absolute atomic E-state index is 13.0. The van der Waals surface area contributed by atoms with Crippen molar-refractivity contribution in [1.29, 1.82) is 0 Å². The number of rotatable bonds is 6. The summed E-state index contributed by atoms with van der Waals surface area (Å²) in [6.07, 6.45) is 5.56. The number of amides is 1. The summed E-state index contributed by atoms with van der Waals surface area (Å²) in [6, 6.07) is 2.42. The zero-order chi connectivity index (χ0) is 24.7. The van der Waals surface area contributed by atoms with Crippen LogP contribution in [0.3, 0.4) is 0 Å². The first-order valence-electron chi connectivity index (χ1n) is 12.6. The van der Waals surface area contributed by atoms with Crippen LogP contribution in [0.1, 0.15) is 96.7 Å². The molecule has 0 spiro atoms. The fourth-order valence-corrected chi connectivity index (χ4v) is 6.39. The van der Waals surface area contributed by atoms with Crippen molar-refractivity contribution in [3.05, 3.63) is 61.9 Å². The van der Waals surface area contributed by atoms with Crippen LogP contribution >= 0.6 is 23.2 Å². The molecule has 3 nitrogen and oxygen atoms in total. The van der Waals surface area contributed by atoms with E-state index < -0.39 is 11.7 Å². The van der Waals surface area contributed by atoms with Crippen LogP contribution in [0.2, 0.25) is 10.0 Å². The van der Waals surface area contributed by atoms with Crippen molar-refractivity contribution in [1.82, 2.24) is 9.88 Å². The summed E-state index contributed by atoms with van der Waals surface area (Å²) >= 11 is 14.1. The van der Waals surface area contributed by atoms with Crippen LogP contribution in [-0.4, -0.2) is 22.3 Å². The van der Waals surface area contributed by atoms with Crippen LogP contribution in [0.25, 0.3) is 0 Å². The molecular weight excluding hydrogens is 496 g/mol. The Bertz CT molecular complexity index is 1110. The van der Waals surface area contributed by atoms with Gasteiger partial charge in [-0.2, -0.15) is 13.2 Å². The van der Waals surface area contributed by atoms with Gasteiger partial charge in [0.2, 0.25) is 5.91 Å². The van der Waals surface area contributed by atoms with E-state index in [1.807, 2.05) is 4.90 Å². The molecule has 2 saturated carbocycles. The lowest BCUT2D eigenvalue weighted by atomic mass is 9.70. The molecule has 2 heterocycles. The number of carbonyl (C=O) groups is 1. The number of alkyl halides is 3. The molecule has 8 heteroatoms. The number of benzene rings is 1. The van der Waals surface area contributed by atoms with E-state index in [2.05, 4.69) is 4.98 Å². The lowest BCUT2D eigenvalue weighted by Crippen LogP contribution is -2.37. The van der Waals surface area contributed by atoms with E-state index in [0.29, 0.717) is 56.3 Å². The summed E-state index contributed by atoms with van der Waals surface area (Å²) in [7, 11) is 0. The van der Waals surface area contributed by atoms with Crippen molar-refractivity contribution in [2.45, 2.75) is 88.8 Å². The van der Waals surface area contributed by atoms with Crippen molar-refractivity contribution in [2.24, 2.45) is 0 Å². The van der Waals surface area contributed by atoms with E-state index in [0.717, 1.165) is 46.3 Å². The van der Waals surface area contributed by atoms with Crippen molar-refractivity contribution in [2.75, 3.05) is 6.54 Å². The SMILES string of the molecule is O=C(CCCc1ccc(C(F)(F)F)cn1)N1CCc2c(Cl)c(C3CCC3)c(C3CCC3)c(Cl)c2C1. The zero-order valence-corrected chi connectivity index (χ0v) is 21.1. The first-order valence-corrected chi connectivity index (χ1v) is 13.3. The summed E-state index contributed by atoms with van der Waals surface area (Å²) in [4.78, 5) is 18.7. The Labute approximate surface area is 214 Å². The zero-order valence-electron chi connectivity index (χ0n) is 19.6. The van der Waals surface area contributed by atoms with Gasteiger partial charge >= 0.3 is 6.18 Å². The minimum absolute atomic E-state index is 0.0306. The largest absolute Gasteiger partial charge is 0.417 e. The number of hydrogen-bond donors (Lipinski definition) is 0. The summed E-state index contributed by atoms with van der Waals surface area (Å²) < 4.78 is 38.1. The molecule has 0 radical (unpaired) electrons. The molecule has 2 aliphatic carbocycles. The molecule has 35 heavy (non-hydrogen) atoms. The third-order valence-corrected chi connectivity index (χ3v) is 8.86. The quantitative estimate of drug-likeness (QED) is 0.385. The predicted octanol–water partition coefficient (Wildman–Crippen LogP) is 7.85. The Morgan fingerprint density at radius 2 is 1.63 bits per heavy atom. The number of hydrogen-bond acceptors (Lipinski definition) is 2.